The Kier molecular flexibility index (Phi) is 4.33. The van der Waals surface area contributed by atoms with Crippen LogP contribution in [0, 0.1) is 0 Å². The van der Waals surface area contributed by atoms with Gasteiger partial charge in [0.2, 0.25) is 0 Å². The number of fused-ring (bicyclic) bond motifs is 2. The van der Waals surface area contributed by atoms with Crippen molar-refractivity contribution < 1.29 is 9.47 Å². The van der Waals surface area contributed by atoms with Gasteiger partial charge in [0, 0.05) is 7.11 Å². The maximum Gasteiger partial charge on any atom is 0.147 e. The van der Waals surface area contributed by atoms with Gasteiger partial charge in [-0.05, 0) is 51.3 Å². The summed E-state index contributed by atoms with van der Waals surface area (Å²) < 4.78 is 11.2. The van der Waals surface area contributed by atoms with Crippen molar-refractivity contribution in [3.63, 3.8) is 0 Å². The zero-order valence-electron chi connectivity index (χ0n) is 14.0. The molecule has 0 heterocycles. The molecule has 0 amide bonds. The molecule has 2 nitrogen and oxygen atoms in total. The van der Waals surface area contributed by atoms with E-state index >= 15 is 0 Å². The Morgan fingerprint density at radius 1 is 0.917 bits per heavy atom. The van der Waals surface area contributed by atoms with E-state index in [2.05, 4.69) is 60.7 Å². The summed E-state index contributed by atoms with van der Waals surface area (Å²) in [6.45, 7) is 0.315. The summed E-state index contributed by atoms with van der Waals surface area (Å²) in [5.74, 6) is 0. The molecule has 0 unspecified atom stereocenters. The van der Waals surface area contributed by atoms with Gasteiger partial charge in [-0.25, -0.2) is 0 Å². The Labute approximate surface area is 142 Å². The third kappa shape index (κ3) is 2.72. The van der Waals surface area contributed by atoms with Crippen LogP contribution in [0.25, 0.3) is 23.8 Å². The second-order valence-corrected chi connectivity index (χ2v) is 6.30. The molecule has 0 saturated heterocycles. The molecule has 2 aromatic rings. The van der Waals surface area contributed by atoms with E-state index < -0.39 is 0 Å². The molecule has 122 valence electrons. The summed E-state index contributed by atoms with van der Waals surface area (Å²) in [5, 5.41) is 5.25. The summed E-state index contributed by atoms with van der Waals surface area (Å²) in [7, 11) is 1.67. The highest BCUT2D eigenvalue weighted by molar-refractivity contribution is 5.73. The monoisotopic (exact) mass is 318 g/mol. The fraction of sp³-hybridized carbons (Fsp3) is 0.273. The van der Waals surface area contributed by atoms with Gasteiger partial charge in [0.05, 0.1) is 6.10 Å². The summed E-state index contributed by atoms with van der Waals surface area (Å²) in [6, 6.07) is 15.2. The Hall–Kier alpha value is -2.16. The molecule has 1 atom stereocenters. The van der Waals surface area contributed by atoms with Gasteiger partial charge in [0.25, 0.3) is 0 Å². The summed E-state index contributed by atoms with van der Waals surface area (Å²) in [4.78, 5) is 0. The van der Waals surface area contributed by atoms with Gasteiger partial charge in [0.15, 0.2) is 0 Å². The van der Waals surface area contributed by atoms with Crippen LogP contribution >= 0.6 is 0 Å². The average molecular weight is 318 g/mol. The topological polar surface area (TPSA) is 18.5 Å². The SMILES string of the molecule is COCO[C@@H]1CC=c2ccccc2=C1c1cccc2c1=CCCC=2. The molecule has 0 aromatic heterocycles. The molecule has 2 aliphatic carbocycles. The van der Waals surface area contributed by atoms with Crippen molar-refractivity contribution in [1.82, 2.24) is 0 Å². The lowest BCUT2D eigenvalue weighted by atomic mass is 9.88. The molecule has 2 aliphatic rings. The number of methoxy groups -OCH3 is 1. The zero-order chi connectivity index (χ0) is 16.4. The van der Waals surface area contributed by atoms with Crippen LogP contribution in [0.2, 0.25) is 0 Å². The number of rotatable bonds is 4. The van der Waals surface area contributed by atoms with Crippen LogP contribution in [-0.4, -0.2) is 20.0 Å². The molecule has 4 rings (SSSR count). The van der Waals surface area contributed by atoms with E-state index in [4.69, 9.17) is 9.47 Å². The molecule has 0 saturated carbocycles. The second kappa shape index (κ2) is 6.76. The highest BCUT2D eigenvalue weighted by Crippen LogP contribution is 2.20. The van der Waals surface area contributed by atoms with Gasteiger partial charge in [0.1, 0.15) is 6.79 Å². The molecular formula is C22H22O2. The minimum Gasteiger partial charge on any atom is -0.359 e. The van der Waals surface area contributed by atoms with Crippen LogP contribution in [0.5, 0.6) is 0 Å². The standard InChI is InChI=1S/C22H22O2/c1-23-15-24-21-14-13-17-8-3-5-11-19(17)22(21)20-12-6-9-16-7-2-4-10-18(16)20/h3,5-13,21H,2,4,14-15H2,1H3/t21-/m1/s1. The third-order valence-electron chi connectivity index (χ3n) is 4.82. The lowest BCUT2D eigenvalue weighted by Gasteiger charge is -2.24. The zero-order valence-corrected chi connectivity index (χ0v) is 14.0. The molecule has 0 N–H and O–H groups in total. The van der Waals surface area contributed by atoms with E-state index in [1.807, 2.05) is 0 Å². The van der Waals surface area contributed by atoms with Crippen LogP contribution in [0.3, 0.4) is 0 Å². The van der Waals surface area contributed by atoms with E-state index in [1.54, 1.807) is 7.11 Å². The number of ether oxygens (including phenoxy) is 2. The number of hydrogen-bond donors (Lipinski definition) is 0. The Bertz CT molecular complexity index is 985. The Morgan fingerprint density at radius 3 is 2.67 bits per heavy atom. The number of hydrogen-bond acceptors (Lipinski definition) is 2. The van der Waals surface area contributed by atoms with E-state index in [0.717, 1.165) is 19.3 Å². The lowest BCUT2D eigenvalue weighted by molar-refractivity contribution is -0.0504. The van der Waals surface area contributed by atoms with Crippen molar-refractivity contribution in [1.29, 1.82) is 0 Å². The normalized spacial score (nSPS) is 18.7. The third-order valence-corrected chi connectivity index (χ3v) is 4.82. The van der Waals surface area contributed by atoms with Crippen molar-refractivity contribution in [2.45, 2.75) is 25.4 Å². The van der Waals surface area contributed by atoms with Crippen LogP contribution < -0.4 is 20.9 Å². The molecule has 0 bridgehead atoms. The van der Waals surface area contributed by atoms with Gasteiger partial charge < -0.3 is 9.47 Å². The maximum absolute atomic E-state index is 6.03. The first kappa shape index (κ1) is 15.4. The fourth-order valence-corrected chi connectivity index (χ4v) is 3.76. The minimum absolute atomic E-state index is 0.0293. The van der Waals surface area contributed by atoms with Gasteiger partial charge in [-0.2, -0.15) is 0 Å². The summed E-state index contributed by atoms with van der Waals surface area (Å²) in [6.07, 6.45) is 10.1. The van der Waals surface area contributed by atoms with E-state index in [9.17, 15) is 0 Å². The van der Waals surface area contributed by atoms with E-state index in [0.29, 0.717) is 6.79 Å². The maximum atomic E-state index is 6.03. The highest BCUT2D eigenvalue weighted by Gasteiger charge is 2.21. The van der Waals surface area contributed by atoms with Gasteiger partial charge in [-0.3, -0.25) is 0 Å². The van der Waals surface area contributed by atoms with Crippen molar-refractivity contribution in [2.24, 2.45) is 0 Å². The van der Waals surface area contributed by atoms with Crippen LogP contribution in [0.4, 0.5) is 0 Å². The predicted octanol–water partition coefficient (Wildman–Crippen LogP) is 1.41. The van der Waals surface area contributed by atoms with Crippen LogP contribution in [0.15, 0.2) is 42.5 Å². The van der Waals surface area contributed by atoms with Crippen molar-refractivity contribution in [2.75, 3.05) is 13.9 Å². The van der Waals surface area contributed by atoms with Gasteiger partial charge in [-0.1, -0.05) is 60.7 Å². The summed E-state index contributed by atoms with van der Waals surface area (Å²) in [5.41, 5.74) is 2.58. The number of benzene rings is 2. The van der Waals surface area contributed by atoms with E-state index in [1.165, 1.54) is 32.0 Å². The first-order chi connectivity index (χ1) is 11.9. The first-order valence-corrected chi connectivity index (χ1v) is 8.58. The van der Waals surface area contributed by atoms with E-state index in [-0.39, 0.29) is 6.10 Å². The lowest BCUT2D eigenvalue weighted by Crippen LogP contribution is -2.40. The molecule has 0 spiro atoms. The van der Waals surface area contributed by atoms with Gasteiger partial charge >= 0.3 is 0 Å². The summed E-state index contributed by atoms with van der Waals surface area (Å²) >= 11 is 0. The Morgan fingerprint density at radius 2 is 1.75 bits per heavy atom. The quantitative estimate of drug-likeness (QED) is 0.794. The molecule has 0 radical (unpaired) electrons. The first-order valence-electron chi connectivity index (χ1n) is 8.58. The molecule has 2 aromatic carbocycles. The smallest absolute Gasteiger partial charge is 0.147 e. The average Bonchev–Trinajstić information content (AvgIpc) is 2.65. The molecule has 24 heavy (non-hydrogen) atoms. The predicted molar refractivity (Wildman–Crippen MR) is 97.9 cm³/mol. The molecule has 0 aliphatic heterocycles. The van der Waals surface area contributed by atoms with Crippen molar-refractivity contribution in [3.8, 4) is 0 Å². The molecular weight excluding hydrogens is 296 g/mol. The Balaban J connectivity index is 2.01. The highest BCUT2D eigenvalue weighted by atomic mass is 16.7. The molecule has 2 heteroatoms. The van der Waals surface area contributed by atoms with Crippen molar-refractivity contribution >= 4 is 23.8 Å². The van der Waals surface area contributed by atoms with Crippen molar-refractivity contribution in [3.05, 3.63) is 68.9 Å². The molecule has 0 fully saturated rings. The second-order valence-electron chi connectivity index (χ2n) is 6.30. The van der Waals surface area contributed by atoms with Crippen LogP contribution in [-0.2, 0) is 9.47 Å². The van der Waals surface area contributed by atoms with Crippen LogP contribution in [0.1, 0.15) is 24.8 Å². The minimum atomic E-state index is 0.0293. The van der Waals surface area contributed by atoms with Gasteiger partial charge in [-0.15, -0.1) is 0 Å². The largest absolute Gasteiger partial charge is 0.359 e. The fourth-order valence-electron chi connectivity index (χ4n) is 3.76.